The lowest BCUT2D eigenvalue weighted by atomic mass is 10.0. The van der Waals surface area contributed by atoms with E-state index >= 15 is 4.39 Å². The lowest BCUT2D eigenvalue weighted by Crippen LogP contribution is -2.22. The quantitative estimate of drug-likeness (QED) is 0.332. The molecule has 10 nitrogen and oxygen atoms in total. The molecule has 4 heterocycles. The molecule has 0 atom stereocenters. The van der Waals surface area contributed by atoms with Crippen molar-refractivity contribution in [1.29, 1.82) is 0 Å². The van der Waals surface area contributed by atoms with E-state index in [1.807, 2.05) is 19.3 Å². The van der Waals surface area contributed by atoms with Gasteiger partial charge >= 0.3 is 5.69 Å². The van der Waals surface area contributed by atoms with Crippen molar-refractivity contribution in [2.75, 3.05) is 27.4 Å². The second-order valence-electron chi connectivity index (χ2n) is 7.96. The maximum atomic E-state index is 15.2. The van der Waals surface area contributed by atoms with Gasteiger partial charge in [-0.1, -0.05) is 0 Å². The zero-order valence-electron chi connectivity index (χ0n) is 19.6. The van der Waals surface area contributed by atoms with Crippen molar-refractivity contribution in [2.24, 2.45) is 14.1 Å². The van der Waals surface area contributed by atoms with Crippen LogP contribution in [-0.4, -0.2) is 56.3 Å². The monoisotopic (exact) mass is 478 g/mol. The van der Waals surface area contributed by atoms with Crippen LogP contribution in [0.15, 0.2) is 47.8 Å². The Hall–Kier alpha value is -4.25. The fourth-order valence-electron chi connectivity index (χ4n) is 4.08. The molecular weight excluding hydrogens is 455 g/mol. The summed E-state index contributed by atoms with van der Waals surface area (Å²) in [5.41, 5.74) is 2.74. The number of halogens is 1. The summed E-state index contributed by atoms with van der Waals surface area (Å²) < 4.78 is 35.6. The fraction of sp³-hybridized carbons (Fsp3) is 0.250. The summed E-state index contributed by atoms with van der Waals surface area (Å²) in [6.45, 7) is 0.605. The predicted octanol–water partition coefficient (Wildman–Crippen LogP) is 2.85. The second kappa shape index (κ2) is 8.84. The van der Waals surface area contributed by atoms with Gasteiger partial charge in [-0.3, -0.25) is 14.2 Å². The summed E-state index contributed by atoms with van der Waals surface area (Å²) in [4.78, 5) is 22.0. The molecule has 0 saturated carbocycles. The Labute approximate surface area is 199 Å². The van der Waals surface area contributed by atoms with Crippen LogP contribution in [0.4, 0.5) is 4.39 Å². The van der Waals surface area contributed by atoms with E-state index in [1.165, 1.54) is 21.4 Å². The molecule has 0 N–H and O–H groups in total. The summed E-state index contributed by atoms with van der Waals surface area (Å²) in [5, 5.41) is 4.89. The highest BCUT2D eigenvalue weighted by Gasteiger charge is 2.21. The molecule has 5 aromatic rings. The van der Waals surface area contributed by atoms with Crippen molar-refractivity contribution < 1.29 is 18.6 Å². The number of benzene rings is 1. The van der Waals surface area contributed by atoms with Gasteiger partial charge in [-0.05, 0) is 6.07 Å². The van der Waals surface area contributed by atoms with E-state index in [0.717, 1.165) is 11.1 Å². The van der Waals surface area contributed by atoms with Crippen molar-refractivity contribution >= 4 is 21.9 Å². The van der Waals surface area contributed by atoms with Gasteiger partial charge in [0.15, 0.2) is 11.6 Å². The van der Waals surface area contributed by atoms with E-state index in [-0.39, 0.29) is 18.2 Å². The number of aryl methyl sites for hydroxylation is 2. The van der Waals surface area contributed by atoms with Crippen LogP contribution in [0, 0.1) is 5.82 Å². The SMILES string of the molecule is COCCOc1cnc(-n2c(=O)n(C)c3cnc4cc(OC)c(-c5cnn(C)c5)cc4c32)c(F)c1. The molecule has 0 bridgehead atoms. The number of methoxy groups -OCH3 is 2. The van der Waals surface area contributed by atoms with Crippen LogP contribution >= 0.6 is 0 Å². The van der Waals surface area contributed by atoms with Crippen molar-refractivity contribution in [2.45, 2.75) is 0 Å². The molecule has 4 aromatic heterocycles. The van der Waals surface area contributed by atoms with Gasteiger partial charge in [-0.2, -0.15) is 5.10 Å². The smallest absolute Gasteiger partial charge is 0.334 e. The van der Waals surface area contributed by atoms with Crippen molar-refractivity contribution in [3.8, 4) is 28.4 Å². The van der Waals surface area contributed by atoms with Gasteiger partial charge in [0, 0.05) is 56.0 Å². The molecule has 0 fully saturated rings. The van der Waals surface area contributed by atoms with Crippen LogP contribution in [0.5, 0.6) is 11.5 Å². The first-order valence-electron chi connectivity index (χ1n) is 10.8. The molecular formula is C24H23FN6O4. The highest BCUT2D eigenvalue weighted by molar-refractivity contribution is 6.05. The lowest BCUT2D eigenvalue weighted by Gasteiger charge is -2.11. The molecule has 0 aliphatic heterocycles. The fourth-order valence-corrected chi connectivity index (χ4v) is 4.08. The van der Waals surface area contributed by atoms with Crippen molar-refractivity contribution in [1.82, 2.24) is 28.9 Å². The average molecular weight is 478 g/mol. The van der Waals surface area contributed by atoms with E-state index in [4.69, 9.17) is 14.2 Å². The number of ether oxygens (including phenoxy) is 3. The zero-order valence-corrected chi connectivity index (χ0v) is 19.6. The number of rotatable bonds is 7. The number of aromatic nitrogens is 6. The molecule has 35 heavy (non-hydrogen) atoms. The van der Waals surface area contributed by atoms with E-state index in [1.54, 1.807) is 44.4 Å². The van der Waals surface area contributed by atoms with Crippen LogP contribution in [0.1, 0.15) is 0 Å². The minimum absolute atomic E-state index is 0.133. The normalized spacial score (nSPS) is 11.5. The second-order valence-corrected chi connectivity index (χ2v) is 7.96. The first-order chi connectivity index (χ1) is 16.9. The molecule has 0 unspecified atom stereocenters. The van der Waals surface area contributed by atoms with E-state index in [2.05, 4.69) is 15.1 Å². The van der Waals surface area contributed by atoms with Gasteiger partial charge in [0.2, 0.25) is 0 Å². The Bertz CT molecular complexity index is 1620. The number of nitrogens with zero attached hydrogens (tertiary/aromatic N) is 6. The van der Waals surface area contributed by atoms with Gasteiger partial charge in [0.25, 0.3) is 0 Å². The maximum absolute atomic E-state index is 15.2. The number of hydrogen-bond acceptors (Lipinski definition) is 7. The van der Waals surface area contributed by atoms with Gasteiger partial charge in [0.1, 0.15) is 18.1 Å². The third kappa shape index (κ3) is 3.79. The lowest BCUT2D eigenvalue weighted by molar-refractivity contribution is 0.146. The van der Waals surface area contributed by atoms with Gasteiger partial charge < -0.3 is 14.2 Å². The average Bonchev–Trinajstić information content (AvgIpc) is 3.40. The highest BCUT2D eigenvalue weighted by Crippen LogP contribution is 2.36. The topological polar surface area (TPSA) is 98.2 Å². The van der Waals surface area contributed by atoms with Crippen LogP contribution in [0.25, 0.3) is 38.9 Å². The maximum Gasteiger partial charge on any atom is 0.334 e. The number of imidazole rings is 1. The molecule has 0 radical (unpaired) electrons. The van der Waals surface area contributed by atoms with Crippen LogP contribution in [0.2, 0.25) is 0 Å². The summed E-state index contributed by atoms with van der Waals surface area (Å²) >= 11 is 0. The molecule has 180 valence electrons. The Morgan fingerprint density at radius 1 is 1.03 bits per heavy atom. The van der Waals surface area contributed by atoms with Gasteiger partial charge in [0.05, 0.1) is 48.9 Å². The third-order valence-corrected chi connectivity index (χ3v) is 5.79. The number of hydrogen-bond donors (Lipinski definition) is 0. The van der Waals surface area contributed by atoms with Crippen LogP contribution < -0.4 is 15.2 Å². The van der Waals surface area contributed by atoms with Crippen LogP contribution in [0.3, 0.4) is 0 Å². The third-order valence-electron chi connectivity index (χ3n) is 5.79. The molecule has 11 heteroatoms. The molecule has 0 aliphatic carbocycles. The van der Waals surface area contributed by atoms with Crippen molar-refractivity contribution in [3.05, 3.63) is 59.3 Å². The van der Waals surface area contributed by atoms with E-state index in [0.29, 0.717) is 34.3 Å². The largest absolute Gasteiger partial charge is 0.496 e. The molecule has 0 saturated heterocycles. The zero-order chi connectivity index (χ0) is 24.7. The molecule has 1 aromatic carbocycles. The first kappa shape index (κ1) is 22.5. The van der Waals surface area contributed by atoms with Gasteiger partial charge in [-0.25, -0.2) is 18.7 Å². The first-order valence-corrected chi connectivity index (χ1v) is 10.8. The summed E-state index contributed by atoms with van der Waals surface area (Å²) in [5.74, 6) is 0.0159. The Morgan fingerprint density at radius 3 is 2.54 bits per heavy atom. The standard InChI is InChI=1S/C24H23FN6O4/c1-29-13-14(10-28-29)16-8-17-19(9-21(16)34-4)26-12-20-22(17)31(24(32)30(20)2)23-18(25)7-15(11-27-23)35-6-5-33-3/h7-13H,5-6H2,1-4H3. The highest BCUT2D eigenvalue weighted by atomic mass is 19.1. The van der Waals surface area contributed by atoms with E-state index < -0.39 is 11.5 Å². The molecule has 0 spiro atoms. The summed E-state index contributed by atoms with van der Waals surface area (Å²) in [6.07, 6.45) is 6.55. The predicted molar refractivity (Wildman–Crippen MR) is 128 cm³/mol. The molecule has 0 aliphatic rings. The molecule has 0 amide bonds. The summed E-state index contributed by atoms with van der Waals surface area (Å²) in [6, 6.07) is 4.86. The van der Waals surface area contributed by atoms with Crippen molar-refractivity contribution in [3.63, 3.8) is 0 Å². The number of fused-ring (bicyclic) bond motifs is 3. The molecule has 5 rings (SSSR count). The minimum Gasteiger partial charge on any atom is -0.496 e. The number of pyridine rings is 2. The Kier molecular flexibility index (Phi) is 5.69. The Morgan fingerprint density at radius 2 is 1.86 bits per heavy atom. The van der Waals surface area contributed by atoms with Gasteiger partial charge in [-0.15, -0.1) is 0 Å². The van der Waals surface area contributed by atoms with E-state index in [9.17, 15) is 4.79 Å². The Balaban J connectivity index is 1.77. The summed E-state index contributed by atoms with van der Waals surface area (Å²) in [7, 11) is 6.56. The van der Waals surface area contributed by atoms with Crippen LogP contribution in [-0.2, 0) is 18.8 Å². The minimum atomic E-state index is -0.694.